The van der Waals surface area contributed by atoms with Crippen LogP contribution in [0, 0.1) is 0 Å². The monoisotopic (exact) mass is 278 g/mol. The third-order valence-corrected chi connectivity index (χ3v) is 2.24. The number of hydrogen-bond acceptors (Lipinski definition) is 5. The third kappa shape index (κ3) is 15.3. The van der Waals surface area contributed by atoms with E-state index in [9.17, 15) is 4.79 Å². The van der Waals surface area contributed by atoms with Gasteiger partial charge in [0.15, 0.2) is 0 Å². The summed E-state index contributed by atoms with van der Waals surface area (Å²) in [5.41, 5.74) is 0. The van der Waals surface area contributed by atoms with Crippen LogP contribution in [0.15, 0.2) is 0 Å². The number of rotatable bonds is 14. The summed E-state index contributed by atoms with van der Waals surface area (Å²) in [5.74, 6) is -0.794. The normalized spacial score (nSPS) is 12.5. The zero-order valence-electron chi connectivity index (χ0n) is 11.9. The fourth-order valence-electron chi connectivity index (χ4n) is 1.30. The highest BCUT2D eigenvalue weighted by atomic mass is 16.6. The van der Waals surface area contributed by atoms with Crippen LogP contribution in [0.4, 0.5) is 0 Å². The second-order valence-corrected chi connectivity index (χ2v) is 4.06. The van der Waals surface area contributed by atoms with Crippen molar-refractivity contribution in [2.75, 3.05) is 46.2 Å². The minimum absolute atomic E-state index is 0.0178. The van der Waals surface area contributed by atoms with E-state index in [2.05, 4.69) is 0 Å². The van der Waals surface area contributed by atoms with Gasteiger partial charge < -0.3 is 24.1 Å². The maximum absolute atomic E-state index is 10.2. The maximum Gasteiger partial charge on any atom is 0.303 e. The lowest BCUT2D eigenvalue weighted by molar-refractivity contribution is -0.137. The van der Waals surface area contributed by atoms with Gasteiger partial charge in [-0.25, -0.2) is 0 Å². The average molecular weight is 278 g/mol. The fourth-order valence-corrected chi connectivity index (χ4v) is 1.30. The molecule has 0 aliphatic heterocycles. The lowest BCUT2D eigenvalue weighted by Gasteiger charge is -2.13. The van der Waals surface area contributed by atoms with Gasteiger partial charge in [-0.3, -0.25) is 4.79 Å². The van der Waals surface area contributed by atoms with Gasteiger partial charge in [-0.15, -0.1) is 0 Å². The first-order chi connectivity index (χ1) is 9.16. The van der Waals surface area contributed by atoms with Crippen molar-refractivity contribution in [1.29, 1.82) is 0 Å². The van der Waals surface area contributed by atoms with Gasteiger partial charge >= 0.3 is 5.97 Å². The molecule has 0 saturated carbocycles. The fraction of sp³-hybridized carbons (Fsp3) is 0.923. The van der Waals surface area contributed by atoms with Crippen LogP contribution in [0.2, 0.25) is 0 Å². The molecule has 114 valence electrons. The van der Waals surface area contributed by atoms with Crippen molar-refractivity contribution in [3.63, 3.8) is 0 Å². The van der Waals surface area contributed by atoms with Crippen LogP contribution in [-0.2, 0) is 23.7 Å². The van der Waals surface area contributed by atoms with Gasteiger partial charge in [-0.2, -0.15) is 0 Å². The molecular weight excluding hydrogens is 252 g/mol. The minimum atomic E-state index is -0.794. The smallest absolute Gasteiger partial charge is 0.303 e. The van der Waals surface area contributed by atoms with E-state index in [1.54, 1.807) is 0 Å². The number of aliphatic carboxylic acids is 1. The quantitative estimate of drug-likeness (QED) is 0.483. The minimum Gasteiger partial charge on any atom is -0.481 e. The van der Waals surface area contributed by atoms with E-state index in [1.165, 1.54) is 0 Å². The van der Waals surface area contributed by atoms with Crippen LogP contribution < -0.4 is 0 Å². The molecule has 0 aliphatic rings. The van der Waals surface area contributed by atoms with Crippen LogP contribution in [0.25, 0.3) is 0 Å². The van der Waals surface area contributed by atoms with Crippen LogP contribution >= 0.6 is 0 Å². The molecule has 0 aromatic rings. The standard InChI is InChI=1S/C13H26O6/c1-3-16-7-8-18-11-12(2)19-10-9-17-6-4-5-13(14)15/h12H,3-11H2,1-2H3,(H,14,15). The highest BCUT2D eigenvalue weighted by Crippen LogP contribution is 1.94. The highest BCUT2D eigenvalue weighted by Gasteiger charge is 2.02. The Kier molecular flexibility index (Phi) is 13.2. The van der Waals surface area contributed by atoms with Crippen LogP contribution in [0.3, 0.4) is 0 Å². The van der Waals surface area contributed by atoms with Crippen molar-refractivity contribution in [3.8, 4) is 0 Å². The van der Waals surface area contributed by atoms with E-state index in [1.807, 2.05) is 13.8 Å². The summed E-state index contributed by atoms with van der Waals surface area (Å²) < 4.78 is 21.2. The van der Waals surface area contributed by atoms with Gasteiger partial charge in [0.2, 0.25) is 0 Å². The Balaban J connectivity index is 3.15. The molecule has 0 aromatic heterocycles. The molecule has 0 bridgehead atoms. The molecule has 1 N–H and O–H groups in total. The van der Waals surface area contributed by atoms with Crippen molar-refractivity contribution in [2.24, 2.45) is 0 Å². The molecule has 19 heavy (non-hydrogen) atoms. The number of carboxylic acid groups (broad SMARTS) is 1. The van der Waals surface area contributed by atoms with Gasteiger partial charge in [0.25, 0.3) is 0 Å². The number of hydrogen-bond donors (Lipinski definition) is 1. The second kappa shape index (κ2) is 13.7. The summed E-state index contributed by atoms with van der Waals surface area (Å²) >= 11 is 0. The molecule has 1 unspecified atom stereocenters. The molecule has 6 heteroatoms. The summed E-state index contributed by atoms with van der Waals surface area (Å²) in [7, 11) is 0. The molecule has 0 saturated heterocycles. The average Bonchev–Trinajstić information content (AvgIpc) is 2.37. The Morgan fingerprint density at radius 1 is 1.05 bits per heavy atom. The molecular formula is C13H26O6. The Labute approximate surface area is 115 Å². The van der Waals surface area contributed by atoms with Crippen molar-refractivity contribution < 1.29 is 28.8 Å². The first-order valence-electron chi connectivity index (χ1n) is 6.73. The lowest BCUT2D eigenvalue weighted by atomic mass is 10.3. The first kappa shape index (κ1) is 18.3. The predicted molar refractivity (Wildman–Crippen MR) is 70.4 cm³/mol. The second-order valence-electron chi connectivity index (χ2n) is 4.06. The summed E-state index contributed by atoms with van der Waals surface area (Å²) in [6.45, 7) is 7.72. The van der Waals surface area contributed by atoms with Crippen molar-refractivity contribution >= 4 is 5.97 Å². The van der Waals surface area contributed by atoms with E-state index in [0.29, 0.717) is 52.7 Å². The van der Waals surface area contributed by atoms with Crippen LogP contribution in [0.5, 0.6) is 0 Å². The van der Waals surface area contributed by atoms with Crippen molar-refractivity contribution in [1.82, 2.24) is 0 Å². The molecule has 6 nitrogen and oxygen atoms in total. The van der Waals surface area contributed by atoms with E-state index < -0.39 is 5.97 Å². The summed E-state index contributed by atoms with van der Waals surface area (Å²) in [6.07, 6.45) is 0.695. The van der Waals surface area contributed by atoms with E-state index in [-0.39, 0.29) is 12.5 Å². The van der Waals surface area contributed by atoms with E-state index in [0.717, 1.165) is 0 Å². The van der Waals surface area contributed by atoms with Gasteiger partial charge in [0, 0.05) is 19.6 Å². The molecule has 0 amide bonds. The molecule has 0 fully saturated rings. The molecule has 0 spiro atoms. The molecule has 0 radical (unpaired) electrons. The van der Waals surface area contributed by atoms with Crippen molar-refractivity contribution in [2.45, 2.75) is 32.8 Å². The number of ether oxygens (including phenoxy) is 4. The number of carboxylic acids is 1. The zero-order chi connectivity index (χ0) is 14.3. The Bertz CT molecular complexity index is 209. The van der Waals surface area contributed by atoms with Crippen LogP contribution in [0.1, 0.15) is 26.7 Å². The van der Waals surface area contributed by atoms with Gasteiger partial charge in [-0.05, 0) is 20.3 Å². The topological polar surface area (TPSA) is 74.2 Å². The van der Waals surface area contributed by atoms with Crippen molar-refractivity contribution in [3.05, 3.63) is 0 Å². The zero-order valence-corrected chi connectivity index (χ0v) is 11.9. The Morgan fingerprint density at radius 3 is 2.42 bits per heavy atom. The lowest BCUT2D eigenvalue weighted by Crippen LogP contribution is -2.20. The molecule has 0 aromatic carbocycles. The largest absolute Gasteiger partial charge is 0.481 e. The summed E-state index contributed by atoms with van der Waals surface area (Å²) in [5, 5.41) is 8.42. The molecule has 0 heterocycles. The molecule has 0 aliphatic carbocycles. The highest BCUT2D eigenvalue weighted by molar-refractivity contribution is 5.66. The van der Waals surface area contributed by atoms with Gasteiger partial charge in [0.1, 0.15) is 0 Å². The van der Waals surface area contributed by atoms with Gasteiger partial charge in [0.05, 0.1) is 39.1 Å². The van der Waals surface area contributed by atoms with Gasteiger partial charge in [-0.1, -0.05) is 0 Å². The predicted octanol–water partition coefficient (Wildman–Crippen LogP) is 1.33. The summed E-state index contributed by atoms with van der Waals surface area (Å²) in [6, 6.07) is 0. The van der Waals surface area contributed by atoms with Crippen LogP contribution in [-0.4, -0.2) is 63.4 Å². The Hall–Kier alpha value is -0.690. The molecule has 1 atom stereocenters. The summed E-state index contributed by atoms with van der Waals surface area (Å²) in [4.78, 5) is 10.2. The molecule has 0 rings (SSSR count). The third-order valence-electron chi connectivity index (χ3n) is 2.24. The Morgan fingerprint density at radius 2 is 1.74 bits per heavy atom. The van der Waals surface area contributed by atoms with E-state index >= 15 is 0 Å². The SMILES string of the molecule is CCOCCOCC(C)OCCOCCCC(=O)O. The van der Waals surface area contributed by atoms with E-state index in [4.69, 9.17) is 24.1 Å². The number of carbonyl (C=O) groups is 1. The maximum atomic E-state index is 10.2. The first-order valence-corrected chi connectivity index (χ1v) is 6.73.